The molecule has 1 aromatic heterocycles. The van der Waals surface area contributed by atoms with Crippen molar-refractivity contribution < 1.29 is 9.53 Å². The molecule has 0 aliphatic carbocycles. The summed E-state index contributed by atoms with van der Waals surface area (Å²) in [6, 6.07) is 0. The van der Waals surface area contributed by atoms with E-state index in [-0.39, 0.29) is 17.5 Å². The summed E-state index contributed by atoms with van der Waals surface area (Å²) in [5, 5.41) is 0. The molecule has 82 valence electrons. The van der Waals surface area contributed by atoms with Crippen LogP contribution in [0.3, 0.4) is 0 Å². The van der Waals surface area contributed by atoms with Crippen molar-refractivity contribution in [1.29, 1.82) is 0 Å². The van der Waals surface area contributed by atoms with E-state index in [1.807, 2.05) is 6.92 Å². The standard InChI is InChI=1S/C10H15N3O2/c1-4-8-12-5-7(9(11)13-8)10(14)15-6(2)3/h5-6H,4H2,1-3H3,(H2,11,12,13). The van der Waals surface area contributed by atoms with Crippen LogP contribution in [0.2, 0.25) is 0 Å². The predicted octanol–water partition coefficient (Wildman–Crippen LogP) is 1.19. The van der Waals surface area contributed by atoms with Gasteiger partial charge in [0, 0.05) is 12.6 Å². The summed E-state index contributed by atoms with van der Waals surface area (Å²) in [6.07, 6.45) is 1.91. The number of rotatable bonds is 3. The molecule has 0 atom stereocenters. The smallest absolute Gasteiger partial charge is 0.343 e. The van der Waals surface area contributed by atoms with E-state index >= 15 is 0 Å². The van der Waals surface area contributed by atoms with E-state index in [0.717, 1.165) is 0 Å². The first-order valence-corrected chi connectivity index (χ1v) is 4.87. The fourth-order valence-corrected chi connectivity index (χ4v) is 1.04. The van der Waals surface area contributed by atoms with Crippen molar-refractivity contribution in [3.63, 3.8) is 0 Å². The van der Waals surface area contributed by atoms with Crippen molar-refractivity contribution in [2.45, 2.75) is 33.3 Å². The van der Waals surface area contributed by atoms with Crippen LogP contribution in [0.15, 0.2) is 6.20 Å². The Kier molecular flexibility index (Phi) is 3.60. The van der Waals surface area contributed by atoms with Crippen LogP contribution >= 0.6 is 0 Å². The van der Waals surface area contributed by atoms with Gasteiger partial charge in [-0.2, -0.15) is 0 Å². The van der Waals surface area contributed by atoms with Gasteiger partial charge in [-0.1, -0.05) is 6.92 Å². The number of nitrogen functional groups attached to an aromatic ring is 1. The highest BCUT2D eigenvalue weighted by molar-refractivity contribution is 5.93. The molecule has 5 heteroatoms. The SMILES string of the molecule is CCc1ncc(C(=O)OC(C)C)c(N)n1. The number of aromatic nitrogens is 2. The van der Waals surface area contributed by atoms with Crippen LogP contribution in [0.5, 0.6) is 0 Å². The van der Waals surface area contributed by atoms with Crippen molar-refractivity contribution in [3.8, 4) is 0 Å². The fraction of sp³-hybridized carbons (Fsp3) is 0.500. The fourth-order valence-electron chi connectivity index (χ4n) is 1.04. The van der Waals surface area contributed by atoms with Gasteiger partial charge in [-0.25, -0.2) is 14.8 Å². The molecule has 0 amide bonds. The minimum absolute atomic E-state index is 0.174. The van der Waals surface area contributed by atoms with Crippen LogP contribution in [0.1, 0.15) is 37.0 Å². The molecule has 0 saturated heterocycles. The highest BCUT2D eigenvalue weighted by Crippen LogP contribution is 2.10. The van der Waals surface area contributed by atoms with E-state index in [9.17, 15) is 4.79 Å². The van der Waals surface area contributed by atoms with Crippen LogP contribution < -0.4 is 5.73 Å². The van der Waals surface area contributed by atoms with Crippen LogP contribution in [0.4, 0.5) is 5.82 Å². The highest BCUT2D eigenvalue weighted by Gasteiger charge is 2.14. The second kappa shape index (κ2) is 4.72. The second-order valence-corrected chi connectivity index (χ2v) is 3.39. The molecule has 0 aliphatic rings. The van der Waals surface area contributed by atoms with E-state index in [1.54, 1.807) is 13.8 Å². The van der Waals surface area contributed by atoms with Crippen molar-refractivity contribution in [3.05, 3.63) is 17.6 Å². The van der Waals surface area contributed by atoms with E-state index in [2.05, 4.69) is 9.97 Å². The number of ether oxygens (including phenoxy) is 1. The Morgan fingerprint density at radius 3 is 2.73 bits per heavy atom. The zero-order valence-electron chi connectivity index (χ0n) is 9.15. The van der Waals surface area contributed by atoms with Gasteiger partial charge in [0.15, 0.2) is 0 Å². The molecule has 0 bridgehead atoms. The Hall–Kier alpha value is -1.65. The lowest BCUT2D eigenvalue weighted by Gasteiger charge is -2.09. The maximum absolute atomic E-state index is 11.5. The minimum atomic E-state index is -0.481. The molecule has 0 saturated carbocycles. The first kappa shape index (κ1) is 11.4. The number of hydrogen-bond donors (Lipinski definition) is 1. The summed E-state index contributed by atoms with van der Waals surface area (Å²) in [6.45, 7) is 5.46. The Morgan fingerprint density at radius 2 is 2.27 bits per heavy atom. The third kappa shape index (κ3) is 2.90. The van der Waals surface area contributed by atoms with Gasteiger partial charge in [0.1, 0.15) is 17.2 Å². The molecular weight excluding hydrogens is 194 g/mol. The van der Waals surface area contributed by atoms with Crippen molar-refractivity contribution >= 4 is 11.8 Å². The number of aryl methyl sites for hydroxylation is 1. The number of carbonyl (C=O) groups is 1. The molecule has 1 aromatic rings. The quantitative estimate of drug-likeness (QED) is 0.756. The van der Waals surface area contributed by atoms with Gasteiger partial charge in [0.25, 0.3) is 0 Å². The van der Waals surface area contributed by atoms with E-state index < -0.39 is 5.97 Å². The van der Waals surface area contributed by atoms with Crippen LogP contribution in [-0.4, -0.2) is 22.0 Å². The maximum atomic E-state index is 11.5. The molecule has 0 radical (unpaired) electrons. The van der Waals surface area contributed by atoms with Gasteiger partial charge in [-0.05, 0) is 13.8 Å². The first-order chi connectivity index (χ1) is 7.04. The molecule has 0 aromatic carbocycles. The van der Waals surface area contributed by atoms with Gasteiger partial charge in [-0.15, -0.1) is 0 Å². The van der Waals surface area contributed by atoms with E-state index in [0.29, 0.717) is 12.2 Å². The number of hydrogen-bond acceptors (Lipinski definition) is 5. The van der Waals surface area contributed by atoms with Crippen LogP contribution in [0, 0.1) is 0 Å². The molecule has 2 N–H and O–H groups in total. The lowest BCUT2D eigenvalue weighted by atomic mass is 10.3. The van der Waals surface area contributed by atoms with E-state index in [4.69, 9.17) is 10.5 Å². The van der Waals surface area contributed by atoms with E-state index in [1.165, 1.54) is 6.20 Å². The third-order valence-corrected chi connectivity index (χ3v) is 1.75. The molecule has 5 nitrogen and oxygen atoms in total. The molecule has 1 rings (SSSR count). The van der Waals surface area contributed by atoms with Crippen molar-refractivity contribution in [2.75, 3.05) is 5.73 Å². The number of nitrogens with two attached hydrogens (primary N) is 1. The largest absolute Gasteiger partial charge is 0.459 e. The number of nitrogens with zero attached hydrogens (tertiary/aromatic N) is 2. The topological polar surface area (TPSA) is 78.1 Å². The highest BCUT2D eigenvalue weighted by atomic mass is 16.5. The Morgan fingerprint density at radius 1 is 1.60 bits per heavy atom. The van der Waals surface area contributed by atoms with Crippen molar-refractivity contribution in [1.82, 2.24) is 9.97 Å². The molecule has 0 unspecified atom stereocenters. The van der Waals surface area contributed by atoms with Crippen LogP contribution in [0.25, 0.3) is 0 Å². The Balaban J connectivity index is 2.90. The lowest BCUT2D eigenvalue weighted by molar-refractivity contribution is 0.0378. The summed E-state index contributed by atoms with van der Waals surface area (Å²) >= 11 is 0. The third-order valence-electron chi connectivity index (χ3n) is 1.75. The molecule has 1 heterocycles. The van der Waals surface area contributed by atoms with Gasteiger partial charge in [0.2, 0.25) is 0 Å². The van der Waals surface area contributed by atoms with Crippen molar-refractivity contribution in [2.24, 2.45) is 0 Å². The summed E-state index contributed by atoms with van der Waals surface area (Å²) < 4.78 is 4.99. The minimum Gasteiger partial charge on any atom is -0.459 e. The average molecular weight is 209 g/mol. The second-order valence-electron chi connectivity index (χ2n) is 3.39. The summed E-state index contributed by atoms with van der Waals surface area (Å²) in [5.41, 5.74) is 5.84. The molecular formula is C10H15N3O2. The summed E-state index contributed by atoms with van der Waals surface area (Å²) in [7, 11) is 0. The predicted molar refractivity (Wildman–Crippen MR) is 56.4 cm³/mol. The monoisotopic (exact) mass is 209 g/mol. The number of esters is 1. The lowest BCUT2D eigenvalue weighted by Crippen LogP contribution is -2.15. The number of carbonyl (C=O) groups excluding carboxylic acids is 1. The first-order valence-electron chi connectivity index (χ1n) is 4.87. The molecule has 0 fully saturated rings. The zero-order chi connectivity index (χ0) is 11.4. The van der Waals surface area contributed by atoms with Gasteiger partial charge in [0.05, 0.1) is 6.10 Å². The summed E-state index contributed by atoms with van der Waals surface area (Å²) in [4.78, 5) is 19.5. The average Bonchev–Trinajstić information content (AvgIpc) is 2.16. The zero-order valence-corrected chi connectivity index (χ0v) is 9.15. The molecule has 0 aliphatic heterocycles. The molecule has 0 spiro atoms. The van der Waals surface area contributed by atoms with Gasteiger partial charge < -0.3 is 10.5 Å². The Bertz CT molecular complexity index is 364. The maximum Gasteiger partial charge on any atom is 0.343 e. The summed E-state index contributed by atoms with van der Waals surface area (Å²) in [5.74, 6) is 0.311. The Labute approximate surface area is 88.7 Å². The number of anilines is 1. The van der Waals surface area contributed by atoms with Crippen LogP contribution in [-0.2, 0) is 11.2 Å². The van der Waals surface area contributed by atoms with Gasteiger partial charge >= 0.3 is 5.97 Å². The van der Waals surface area contributed by atoms with Gasteiger partial charge in [-0.3, -0.25) is 0 Å². The molecule has 15 heavy (non-hydrogen) atoms. The normalized spacial score (nSPS) is 10.4.